The van der Waals surface area contributed by atoms with E-state index in [0.717, 1.165) is 37.2 Å². The van der Waals surface area contributed by atoms with Crippen LogP contribution in [0.3, 0.4) is 0 Å². The normalized spacial score (nSPS) is 18.2. The Labute approximate surface area is 149 Å². The van der Waals surface area contributed by atoms with Crippen LogP contribution in [0.1, 0.15) is 36.8 Å². The molecular weight excluding hydrogens is 308 g/mol. The Morgan fingerprint density at radius 2 is 1.12 bits per heavy atom. The van der Waals surface area contributed by atoms with E-state index in [9.17, 15) is 0 Å². The third-order valence-electron chi connectivity index (χ3n) is 5.66. The summed E-state index contributed by atoms with van der Waals surface area (Å²) >= 11 is 0. The molecule has 25 heavy (non-hydrogen) atoms. The summed E-state index contributed by atoms with van der Waals surface area (Å²) in [4.78, 5) is 0. The highest BCUT2D eigenvalue weighted by atomic mass is 16.5. The molecule has 0 heterocycles. The van der Waals surface area contributed by atoms with Gasteiger partial charge in [0.1, 0.15) is 11.5 Å². The van der Waals surface area contributed by atoms with Crippen molar-refractivity contribution in [2.45, 2.75) is 25.7 Å². The zero-order valence-corrected chi connectivity index (χ0v) is 14.9. The molecule has 0 radical (unpaired) electrons. The minimum Gasteiger partial charge on any atom is -0.496 e. The molecule has 0 N–H and O–H groups in total. The number of hydrogen-bond donors (Lipinski definition) is 0. The van der Waals surface area contributed by atoms with Crippen molar-refractivity contribution in [3.63, 3.8) is 0 Å². The number of allylic oxidation sites excluding steroid dienone is 4. The molecule has 4 rings (SSSR count). The van der Waals surface area contributed by atoms with Gasteiger partial charge in [0.15, 0.2) is 0 Å². The van der Waals surface area contributed by atoms with E-state index < -0.39 is 0 Å². The third kappa shape index (κ3) is 2.48. The van der Waals surface area contributed by atoms with Crippen LogP contribution in [0.4, 0.5) is 0 Å². The zero-order valence-electron chi connectivity index (χ0n) is 14.9. The van der Waals surface area contributed by atoms with E-state index in [1.54, 1.807) is 14.2 Å². The summed E-state index contributed by atoms with van der Waals surface area (Å²) in [5, 5.41) is 0. The van der Waals surface area contributed by atoms with E-state index in [4.69, 9.17) is 9.47 Å². The minimum absolute atomic E-state index is 0.0727. The predicted molar refractivity (Wildman–Crippen MR) is 103 cm³/mol. The Kier molecular flexibility index (Phi) is 4.12. The van der Waals surface area contributed by atoms with Crippen LogP contribution in [0.2, 0.25) is 0 Å². The maximum Gasteiger partial charge on any atom is 0.126 e. The van der Waals surface area contributed by atoms with Gasteiger partial charge in [-0.25, -0.2) is 0 Å². The Balaban J connectivity index is 1.83. The van der Waals surface area contributed by atoms with Crippen LogP contribution >= 0.6 is 0 Å². The molecule has 2 aromatic carbocycles. The topological polar surface area (TPSA) is 18.5 Å². The zero-order chi connectivity index (χ0) is 17.3. The Morgan fingerprint density at radius 3 is 1.56 bits per heavy atom. The van der Waals surface area contributed by atoms with Crippen molar-refractivity contribution in [3.05, 3.63) is 71.8 Å². The predicted octanol–water partition coefficient (Wildman–Crippen LogP) is 5.74. The standard InChI is InChI=1S/C23H24O2/c1-24-21-13-5-3-9-17(21)19-11-7-15-23(19)16-8-12-20(23)18-10-4-6-14-22(18)25-2/h3-6,9-14H,7-8,15-16H2,1-2H3. The van der Waals surface area contributed by atoms with E-state index in [1.807, 2.05) is 12.1 Å². The maximum absolute atomic E-state index is 5.66. The Morgan fingerprint density at radius 1 is 0.680 bits per heavy atom. The van der Waals surface area contributed by atoms with Crippen LogP contribution in [0, 0.1) is 5.41 Å². The average molecular weight is 332 g/mol. The number of rotatable bonds is 4. The second-order valence-electron chi connectivity index (χ2n) is 6.80. The lowest BCUT2D eigenvalue weighted by Gasteiger charge is -2.33. The van der Waals surface area contributed by atoms with Crippen LogP contribution in [0.15, 0.2) is 60.7 Å². The smallest absolute Gasteiger partial charge is 0.126 e. The van der Waals surface area contributed by atoms with Gasteiger partial charge in [-0.05, 0) is 49.0 Å². The summed E-state index contributed by atoms with van der Waals surface area (Å²) in [5.41, 5.74) is 5.36. The van der Waals surface area contributed by atoms with Crippen molar-refractivity contribution >= 4 is 11.1 Å². The van der Waals surface area contributed by atoms with Gasteiger partial charge in [-0.1, -0.05) is 48.6 Å². The highest BCUT2D eigenvalue weighted by Crippen LogP contribution is 2.61. The molecule has 0 atom stereocenters. The van der Waals surface area contributed by atoms with Crippen LogP contribution in [-0.2, 0) is 0 Å². The lowest BCUT2D eigenvalue weighted by molar-refractivity contribution is 0.409. The first-order chi connectivity index (χ1) is 12.3. The first kappa shape index (κ1) is 16.0. The molecular formula is C23H24O2. The SMILES string of the molecule is COc1ccccc1C1=CCCC12CCC=C2c1ccccc1OC. The second-order valence-corrected chi connectivity index (χ2v) is 6.80. The molecule has 0 amide bonds. The van der Waals surface area contributed by atoms with Gasteiger partial charge in [-0.3, -0.25) is 0 Å². The van der Waals surface area contributed by atoms with Gasteiger partial charge in [0, 0.05) is 16.5 Å². The monoisotopic (exact) mass is 332 g/mol. The van der Waals surface area contributed by atoms with Crippen molar-refractivity contribution in [2.24, 2.45) is 5.41 Å². The van der Waals surface area contributed by atoms with Gasteiger partial charge >= 0.3 is 0 Å². The number of hydrogen-bond acceptors (Lipinski definition) is 2. The molecule has 0 bridgehead atoms. The molecule has 2 heteroatoms. The molecule has 0 aromatic heterocycles. The third-order valence-corrected chi connectivity index (χ3v) is 5.66. The van der Waals surface area contributed by atoms with E-state index in [2.05, 4.69) is 48.6 Å². The van der Waals surface area contributed by atoms with Crippen molar-refractivity contribution in [2.75, 3.05) is 14.2 Å². The highest BCUT2D eigenvalue weighted by Gasteiger charge is 2.45. The van der Waals surface area contributed by atoms with Crippen molar-refractivity contribution < 1.29 is 9.47 Å². The molecule has 0 saturated carbocycles. The fraction of sp³-hybridized carbons (Fsp3) is 0.304. The van der Waals surface area contributed by atoms with Crippen LogP contribution in [0.5, 0.6) is 11.5 Å². The first-order valence-corrected chi connectivity index (χ1v) is 8.98. The van der Waals surface area contributed by atoms with E-state index in [-0.39, 0.29) is 5.41 Å². The average Bonchev–Trinajstić information content (AvgIpc) is 3.29. The Bertz CT molecular complexity index is 773. The van der Waals surface area contributed by atoms with E-state index in [1.165, 1.54) is 22.3 Å². The summed E-state index contributed by atoms with van der Waals surface area (Å²) in [6.07, 6.45) is 9.35. The fourth-order valence-corrected chi connectivity index (χ4v) is 4.60. The van der Waals surface area contributed by atoms with Crippen LogP contribution in [0.25, 0.3) is 11.1 Å². The van der Waals surface area contributed by atoms with Gasteiger partial charge in [0.25, 0.3) is 0 Å². The molecule has 1 spiro atoms. The molecule has 128 valence electrons. The summed E-state index contributed by atoms with van der Waals surface area (Å²) < 4.78 is 11.3. The van der Waals surface area contributed by atoms with Crippen molar-refractivity contribution in [1.29, 1.82) is 0 Å². The van der Waals surface area contributed by atoms with Gasteiger partial charge in [-0.2, -0.15) is 0 Å². The van der Waals surface area contributed by atoms with Gasteiger partial charge in [0.05, 0.1) is 14.2 Å². The number of para-hydroxylation sites is 2. The lowest BCUT2D eigenvalue weighted by Crippen LogP contribution is -2.19. The van der Waals surface area contributed by atoms with Crippen molar-refractivity contribution in [3.8, 4) is 11.5 Å². The molecule has 2 nitrogen and oxygen atoms in total. The summed E-state index contributed by atoms with van der Waals surface area (Å²) in [6, 6.07) is 16.8. The largest absolute Gasteiger partial charge is 0.496 e. The van der Waals surface area contributed by atoms with Gasteiger partial charge in [0.2, 0.25) is 0 Å². The molecule has 0 saturated heterocycles. The fourth-order valence-electron chi connectivity index (χ4n) is 4.60. The second kappa shape index (κ2) is 6.44. The quantitative estimate of drug-likeness (QED) is 0.710. The number of methoxy groups -OCH3 is 2. The van der Waals surface area contributed by atoms with Crippen molar-refractivity contribution in [1.82, 2.24) is 0 Å². The first-order valence-electron chi connectivity index (χ1n) is 8.98. The molecule has 2 aliphatic carbocycles. The number of ether oxygens (including phenoxy) is 2. The molecule has 0 unspecified atom stereocenters. The molecule has 2 aromatic rings. The number of benzene rings is 2. The van der Waals surface area contributed by atoms with Gasteiger partial charge in [-0.15, -0.1) is 0 Å². The molecule has 0 fully saturated rings. The van der Waals surface area contributed by atoms with Crippen LogP contribution in [-0.4, -0.2) is 14.2 Å². The summed E-state index contributed by atoms with van der Waals surface area (Å²) in [6.45, 7) is 0. The van der Waals surface area contributed by atoms with Crippen LogP contribution < -0.4 is 9.47 Å². The minimum atomic E-state index is 0.0727. The van der Waals surface area contributed by atoms with E-state index in [0.29, 0.717) is 0 Å². The Hall–Kier alpha value is -2.48. The molecule has 0 aliphatic heterocycles. The van der Waals surface area contributed by atoms with Gasteiger partial charge < -0.3 is 9.47 Å². The summed E-state index contributed by atoms with van der Waals surface area (Å²) in [7, 11) is 3.51. The molecule has 2 aliphatic rings. The maximum atomic E-state index is 5.66. The summed E-state index contributed by atoms with van der Waals surface area (Å²) in [5.74, 6) is 1.92. The van der Waals surface area contributed by atoms with E-state index >= 15 is 0 Å². The lowest BCUT2D eigenvalue weighted by atomic mass is 9.70. The highest BCUT2D eigenvalue weighted by molar-refractivity contribution is 5.92.